The summed E-state index contributed by atoms with van der Waals surface area (Å²) in [5.41, 5.74) is 0.747. The van der Waals surface area contributed by atoms with Crippen LogP contribution >= 0.6 is 11.3 Å². The zero-order chi connectivity index (χ0) is 24.6. The number of carbonyl (C=O) groups is 1. The lowest BCUT2D eigenvalue weighted by Gasteiger charge is -2.33. The molecule has 14 heteroatoms. The van der Waals surface area contributed by atoms with Gasteiger partial charge in [0.15, 0.2) is 0 Å². The second-order valence-corrected chi connectivity index (χ2v) is 12.1. The number of primary sulfonamides is 1. The predicted octanol–water partition coefficient (Wildman–Crippen LogP) is 0.679. The van der Waals surface area contributed by atoms with Gasteiger partial charge in [0, 0.05) is 45.0 Å². The number of rotatable bonds is 14. The highest BCUT2D eigenvalue weighted by molar-refractivity contribution is 7.94. The van der Waals surface area contributed by atoms with Crippen LogP contribution in [-0.4, -0.2) is 92.2 Å². The van der Waals surface area contributed by atoms with Gasteiger partial charge in [-0.3, -0.25) is 14.0 Å². The Bertz CT molecular complexity index is 1050. The minimum atomic E-state index is -4.05. The van der Waals surface area contributed by atoms with Gasteiger partial charge in [0.25, 0.3) is 10.0 Å². The number of methoxy groups -OCH3 is 2. The number of hydrogen-bond acceptors (Lipinski definition) is 10. The van der Waals surface area contributed by atoms with Crippen molar-refractivity contribution in [1.82, 2.24) is 9.21 Å². The molecular formula is C19H31N3O8S3. The first kappa shape index (κ1) is 27.7. The van der Waals surface area contributed by atoms with Crippen molar-refractivity contribution in [3.8, 4) is 0 Å². The third-order valence-corrected chi connectivity index (χ3v) is 9.76. The molecule has 0 atom stereocenters. The first-order chi connectivity index (χ1) is 15.5. The van der Waals surface area contributed by atoms with Gasteiger partial charge in [0.05, 0.1) is 26.4 Å². The number of thiophene rings is 1. The molecule has 1 aliphatic heterocycles. The number of nitrogens with zero attached hydrogens (tertiary/aromatic N) is 2. The Morgan fingerprint density at radius 2 is 1.91 bits per heavy atom. The molecule has 0 aromatic carbocycles. The Labute approximate surface area is 199 Å². The van der Waals surface area contributed by atoms with E-state index in [4.69, 9.17) is 19.3 Å². The Balaban J connectivity index is 2.34. The van der Waals surface area contributed by atoms with E-state index in [-0.39, 0.29) is 46.1 Å². The van der Waals surface area contributed by atoms with Crippen LogP contribution in [-0.2, 0) is 39.1 Å². The average molecular weight is 526 g/mol. The largest absolute Gasteiger partial charge is 0.466 e. The molecule has 0 aliphatic carbocycles. The highest BCUT2D eigenvalue weighted by atomic mass is 32.3. The summed E-state index contributed by atoms with van der Waals surface area (Å²) in [6.07, 6.45) is 2.43. The molecule has 0 fully saturated rings. The van der Waals surface area contributed by atoms with Gasteiger partial charge >= 0.3 is 5.97 Å². The maximum absolute atomic E-state index is 13.3. The highest BCUT2D eigenvalue weighted by Crippen LogP contribution is 2.38. The van der Waals surface area contributed by atoms with Crippen molar-refractivity contribution in [3.05, 3.63) is 17.3 Å². The minimum absolute atomic E-state index is 0.0632. The molecule has 188 valence electrons. The quantitative estimate of drug-likeness (QED) is 0.346. The summed E-state index contributed by atoms with van der Waals surface area (Å²) in [5.74, 6) is -0.288. The Kier molecular flexibility index (Phi) is 10.3. The second-order valence-electron chi connectivity index (χ2n) is 7.24. The van der Waals surface area contributed by atoms with Crippen LogP contribution in [0.5, 0.6) is 0 Å². The highest BCUT2D eigenvalue weighted by Gasteiger charge is 2.36. The number of esters is 1. The summed E-state index contributed by atoms with van der Waals surface area (Å²) in [6, 6.07) is 1.28. The molecule has 0 saturated heterocycles. The summed E-state index contributed by atoms with van der Waals surface area (Å²) < 4.78 is 66.4. The standard InChI is InChI=1S/C19H31N3O8S3/c1-4-30-17(23)6-5-7-21(8-10-28-2)14-16-12-15-13-18(32(20,24)25)31-19(15)33(26,27)22(16)9-11-29-3/h12-13H,4-11,14H2,1-3H3,(H2,20,24,25). The van der Waals surface area contributed by atoms with E-state index < -0.39 is 20.0 Å². The van der Waals surface area contributed by atoms with E-state index in [0.29, 0.717) is 49.8 Å². The van der Waals surface area contributed by atoms with Crippen LogP contribution in [0.4, 0.5) is 0 Å². The van der Waals surface area contributed by atoms with Crippen molar-refractivity contribution in [2.75, 3.05) is 60.2 Å². The van der Waals surface area contributed by atoms with E-state index >= 15 is 0 Å². The molecule has 0 spiro atoms. The third-order valence-electron chi connectivity index (χ3n) is 4.81. The molecule has 2 rings (SSSR count). The van der Waals surface area contributed by atoms with E-state index in [9.17, 15) is 21.6 Å². The lowest BCUT2D eigenvalue weighted by molar-refractivity contribution is -0.143. The first-order valence-electron chi connectivity index (χ1n) is 10.3. The lowest BCUT2D eigenvalue weighted by atomic mass is 10.2. The van der Waals surface area contributed by atoms with Gasteiger partial charge in [-0.1, -0.05) is 0 Å². The van der Waals surface area contributed by atoms with Crippen molar-refractivity contribution in [3.63, 3.8) is 0 Å². The van der Waals surface area contributed by atoms with Gasteiger partial charge in [-0.2, -0.15) is 0 Å². The molecule has 0 amide bonds. The molecule has 2 N–H and O–H groups in total. The summed E-state index contributed by atoms with van der Waals surface area (Å²) in [7, 11) is -5.01. The van der Waals surface area contributed by atoms with Gasteiger partial charge < -0.3 is 14.2 Å². The van der Waals surface area contributed by atoms with Gasteiger partial charge in [-0.05, 0) is 32.0 Å². The van der Waals surface area contributed by atoms with Gasteiger partial charge in [-0.25, -0.2) is 22.0 Å². The van der Waals surface area contributed by atoms with Crippen LogP contribution < -0.4 is 5.14 Å². The maximum Gasteiger partial charge on any atom is 0.305 e. The van der Waals surface area contributed by atoms with Crippen LogP contribution in [0.2, 0.25) is 0 Å². The van der Waals surface area contributed by atoms with E-state index in [0.717, 1.165) is 0 Å². The zero-order valence-electron chi connectivity index (χ0n) is 19.0. The van der Waals surface area contributed by atoms with Crippen molar-refractivity contribution in [1.29, 1.82) is 0 Å². The molecule has 1 aliphatic rings. The molecule has 11 nitrogen and oxygen atoms in total. The smallest absolute Gasteiger partial charge is 0.305 e. The molecule has 0 radical (unpaired) electrons. The molecule has 1 aromatic rings. The monoisotopic (exact) mass is 525 g/mol. The minimum Gasteiger partial charge on any atom is -0.466 e. The van der Waals surface area contributed by atoms with Crippen molar-refractivity contribution < 1.29 is 35.8 Å². The first-order valence-corrected chi connectivity index (χ1v) is 14.1. The molecule has 0 unspecified atom stereocenters. The van der Waals surface area contributed by atoms with Crippen LogP contribution in [0.15, 0.2) is 20.2 Å². The Morgan fingerprint density at radius 3 is 2.52 bits per heavy atom. The Morgan fingerprint density at radius 1 is 1.21 bits per heavy atom. The maximum atomic E-state index is 13.3. The van der Waals surface area contributed by atoms with Gasteiger partial charge in [-0.15, -0.1) is 11.3 Å². The van der Waals surface area contributed by atoms with E-state index in [1.807, 2.05) is 4.90 Å². The molecule has 0 saturated carbocycles. The zero-order valence-corrected chi connectivity index (χ0v) is 21.4. The molecule has 0 bridgehead atoms. The molecule has 33 heavy (non-hydrogen) atoms. The molecular weight excluding hydrogens is 494 g/mol. The van der Waals surface area contributed by atoms with Gasteiger partial charge in [0.1, 0.15) is 8.42 Å². The topological polar surface area (TPSA) is 146 Å². The predicted molar refractivity (Wildman–Crippen MR) is 124 cm³/mol. The van der Waals surface area contributed by atoms with Crippen molar-refractivity contribution in [2.24, 2.45) is 5.14 Å². The van der Waals surface area contributed by atoms with Crippen molar-refractivity contribution >= 4 is 43.4 Å². The molecule has 1 aromatic heterocycles. The number of hydrogen-bond donors (Lipinski definition) is 1. The fourth-order valence-corrected chi connectivity index (χ4v) is 7.35. The van der Waals surface area contributed by atoms with E-state index in [1.165, 1.54) is 17.5 Å². The third kappa shape index (κ3) is 7.47. The fourth-order valence-electron chi connectivity index (χ4n) is 3.28. The Hall–Kier alpha value is -1.55. The summed E-state index contributed by atoms with van der Waals surface area (Å²) >= 11 is 0.630. The van der Waals surface area contributed by atoms with Crippen LogP contribution in [0.25, 0.3) is 6.08 Å². The summed E-state index contributed by atoms with van der Waals surface area (Å²) in [5, 5.41) is 5.22. The normalized spacial score (nSPS) is 15.4. The van der Waals surface area contributed by atoms with E-state index in [2.05, 4.69) is 0 Å². The fraction of sp³-hybridized carbons (Fsp3) is 0.632. The van der Waals surface area contributed by atoms with Crippen LogP contribution in [0.1, 0.15) is 25.3 Å². The summed E-state index contributed by atoms with van der Waals surface area (Å²) in [6.45, 7) is 3.95. The average Bonchev–Trinajstić information content (AvgIpc) is 3.17. The number of sulfonamides is 2. The van der Waals surface area contributed by atoms with Crippen LogP contribution in [0, 0.1) is 0 Å². The lowest BCUT2D eigenvalue weighted by Crippen LogP contribution is -2.41. The SMILES string of the molecule is CCOC(=O)CCCN(CCOC)CC1=Cc2cc(S(N)(=O)=O)sc2S(=O)(=O)N1CCOC. The van der Waals surface area contributed by atoms with Crippen molar-refractivity contribution in [2.45, 2.75) is 28.2 Å². The van der Waals surface area contributed by atoms with Gasteiger partial charge in [0.2, 0.25) is 10.0 Å². The number of nitrogens with two attached hydrogens (primary N) is 1. The molecule has 2 heterocycles. The second kappa shape index (κ2) is 12.2. The summed E-state index contributed by atoms with van der Waals surface area (Å²) in [4.78, 5) is 13.6. The van der Waals surface area contributed by atoms with Crippen LogP contribution in [0.3, 0.4) is 0 Å². The van der Waals surface area contributed by atoms with E-state index in [1.54, 1.807) is 20.1 Å². The number of fused-ring (bicyclic) bond motifs is 1. The number of carbonyl (C=O) groups excluding carboxylic acids is 1. The number of ether oxygens (including phenoxy) is 3.